The zero-order valence-electron chi connectivity index (χ0n) is 26.0. The van der Waals surface area contributed by atoms with Crippen molar-refractivity contribution in [3.05, 3.63) is 176 Å². The Labute approximate surface area is 277 Å². The topological polar surface area (TPSA) is 35.4 Å². The predicted octanol–water partition coefficient (Wildman–Crippen LogP) is 7.71. The van der Waals surface area contributed by atoms with Crippen LogP contribution in [-0.2, 0) is 0 Å². The van der Waals surface area contributed by atoms with E-state index in [0.29, 0.717) is 0 Å². The van der Waals surface area contributed by atoms with E-state index in [1.165, 1.54) is 26.1 Å². The lowest BCUT2D eigenvalue weighted by Gasteiger charge is -2.35. The highest BCUT2D eigenvalue weighted by Gasteiger charge is 2.43. The molecular weight excluding hydrogens is 603 g/mol. The Hall–Kier alpha value is -6.17. The van der Waals surface area contributed by atoms with Gasteiger partial charge >= 0.3 is 0 Å². The van der Waals surface area contributed by atoms with E-state index in [4.69, 9.17) is 9.40 Å². The van der Waals surface area contributed by atoms with Gasteiger partial charge in [-0.3, -0.25) is 8.97 Å². The number of benzene rings is 7. The standard InChI is InChI=1S/C43H29N3OSi/c1-3-16-31(17-4-1)48(32-18-5-2-6-19-32,41-28-14-27-40-42(41)34-21-7-12-26-39(34)47-40)33-20-13-15-30(29-33)45-37-24-10-11-25-38(37)46-36-23-9-8-22-35(36)44-43(45)46/h1-29H. The Morgan fingerprint density at radius 3 is 1.88 bits per heavy atom. The molecule has 0 aliphatic carbocycles. The monoisotopic (exact) mass is 631 g/mol. The molecule has 0 spiro atoms. The minimum Gasteiger partial charge on any atom is -0.456 e. The molecule has 3 aromatic heterocycles. The first-order chi connectivity index (χ1) is 23.8. The molecule has 4 nitrogen and oxygen atoms in total. The fourth-order valence-electron chi connectivity index (χ4n) is 7.91. The normalized spacial score (nSPS) is 12.2. The van der Waals surface area contributed by atoms with Crippen LogP contribution in [-0.4, -0.2) is 22.0 Å². The third-order valence-electron chi connectivity index (χ3n) is 9.86. The van der Waals surface area contributed by atoms with Crippen molar-refractivity contribution < 1.29 is 4.42 Å². The van der Waals surface area contributed by atoms with Gasteiger partial charge in [-0.25, -0.2) is 4.98 Å². The lowest BCUT2D eigenvalue weighted by molar-refractivity contribution is 0.669. The van der Waals surface area contributed by atoms with Gasteiger partial charge in [-0.1, -0.05) is 127 Å². The van der Waals surface area contributed by atoms with Crippen molar-refractivity contribution in [1.29, 1.82) is 0 Å². The van der Waals surface area contributed by atoms with Crippen LogP contribution in [0, 0.1) is 0 Å². The summed E-state index contributed by atoms with van der Waals surface area (Å²) in [4.78, 5) is 5.19. The molecule has 48 heavy (non-hydrogen) atoms. The smallest absolute Gasteiger partial charge is 0.220 e. The maximum atomic E-state index is 6.51. The maximum absolute atomic E-state index is 6.51. The molecule has 0 fully saturated rings. The van der Waals surface area contributed by atoms with Gasteiger partial charge in [0.15, 0.2) is 8.07 Å². The van der Waals surface area contributed by atoms with Crippen LogP contribution in [0.2, 0.25) is 0 Å². The van der Waals surface area contributed by atoms with Gasteiger partial charge in [-0.05, 0) is 69.3 Å². The number of nitrogens with zero attached hydrogens (tertiary/aromatic N) is 3. The molecule has 0 unspecified atom stereocenters. The molecule has 3 heterocycles. The minimum atomic E-state index is -2.96. The van der Waals surface area contributed by atoms with Crippen molar-refractivity contribution in [3.63, 3.8) is 0 Å². The molecule has 0 aliphatic rings. The lowest BCUT2D eigenvalue weighted by atomic mass is 10.1. The number of rotatable bonds is 5. The Morgan fingerprint density at radius 2 is 1.08 bits per heavy atom. The second-order valence-corrected chi connectivity index (χ2v) is 16.1. The van der Waals surface area contributed by atoms with Gasteiger partial charge in [-0.2, -0.15) is 0 Å². The highest BCUT2D eigenvalue weighted by atomic mass is 28.3. The molecule has 0 atom stereocenters. The summed E-state index contributed by atoms with van der Waals surface area (Å²) in [6.45, 7) is 0. The van der Waals surface area contributed by atoms with Gasteiger partial charge in [-0.15, -0.1) is 0 Å². The predicted molar refractivity (Wildman–Crippen MR) is 200 cm³/mol. The molecule has 0 aliphatic heterocycles. The Bertz CT molecular complexity index is 2750. The van der Waals surface area contributed by atoms with Crippen LogP contribution in [0.4, 0.5) is 0 Å². The summed E-state index contributed by atoms with van der Waals surface area (Å²) >= 11 is 0. The van der Waals surface area contributed by atoms with Gasteiger partial charge < -0.3 is 4.42 Å². The van der Waals surface area contributed by atoms with Gasteiger partial charge in [0, 0.05) is 16.5 Å². The molecule has 226 valence electrons. The number of hydrogen-bond donors (Lipinski definition) is 0. The summed E-state index contributed by atoms with van der Waals surface area (Å²) in [6.07, 6.45) is 0. The van der Waals surface area contributed by atoms with Gasteiger partial charge in [0.25, 0.3) is 0 Å². The van der Waals surface area contributed by atoms with Crippen LogP contribution < -0.4 is 20.7 Å². The first kappa shape index (κ1) is 27.0. The lowest BCUT2D eigenvalue weighted by Crippen LogP contribution is -2.74. The van der Waals surface area contributed by atoms with Crippen LogP contribution in [0.1, 0.15) is 0 Å². The van der Waals surface area contributed by atoms with Gasteiger partial charge in [0.1, 0.15) is 11.2 Å². The highest BCUT2D eigenvalue weighted by molar-refractivity contribution is 7.20. The average molecular weight is 632 g/mol. The van der Waals surface area contributed by atoms with E-state index in [2.05, 4.69) is 179 Å². The van der Waals surface area contributed by atoms with Crippen LogP contribution in [0.15, 0.2) is 180 Å². The SMILES string of the molecule is c1ccc([Si](c2ccccc2)(c2cccc(-n3c4ccccc4n4c5ccccc5nc34)c2)c2cccc3oc4ccccc4c23)cc1. The van der Waals surface area contributed by atoms with Crippen molar-refractivity contribution in [2.75, 3.05) is 0 Å². The third-order valence-corrected chi connectivity index (χ3v) is 14.7. The Morgan fingerprint density at radius 1 is 0.479 bits per heavy atom. The van der Waals surface area contributed by atoms with E-state index in [1.54, 1.807) is 0 Å². The first-order valence-electron chi connectivity index (χ1n) is 16.3. The molecule has 0 saturated heterocycles. The molecule has 5 heteroatoms. The van der Waals surface area contributed by atoms with Crippen LogP contribution in [0.5, 0.6) is 0 Å². The average Bonchev–Trinajstić information content (AvgIpc) is 3.82. The van der Waals surface area contributed by atoms with E-state index in [-0.39, 0.29) is 0 Å². The summed E-state index contributed by atoms with van der Waals surface area (Å²) in [5.41, 5.74) is 7.25. The summed E-state index contributed by atoms with van der Waals surface area (Å²) in [6, 6.07) is 63.4. The minimum absolute atomic E-state index is 0.907. The molecule has 0 amide bonds. The number of aromatic nitrogens is 3. The summed E-state index contributed by atoms with van der Waals surface area (Å²) in [5.74, 6) is 0.907. The Balaban J connectivity index is 1.35. The molecule has 10 aromatic rings. The van der Waals surface area contributed by atoms with Crippen LogP contribution in [0.25, 0.3) is 55.5 Å². The zero-order valence-corrected chi connectivity index (χ0v) is 27.0. The zero-order chi connectivity index (χ0) is 31.7. The van der Waals surface area contributed by atoms with Crippen LogP contribution in [0.3, 0.4) is 0 Å². The van der Waals surface area contributed by atoms with E-state index in [0.717, 1.165) is 50.1 Å². The number of furan rings is 1. The van der Waals surface area contributed by atoms with E-state index < -0.39 is 8.07 Å². The van der Waals surface area contributed by atoms with E-state index >= 15 is 0 Å². The fourth-order valence-corrected chi connectivity index (χ4v) is 12.9. The summed E-state index contributed by atoms with van der Waals surface area (Å²) in [5, 5.41) is 7.58. The maximum Gasteiger partial charge on any atom is 0.220 e. The number of imidazole rings is 2. The molecule has 0 radical (unpaired) electrons. The van der Waals surface area contributed by atoms with Gasteiger partial charge in [0.05, 0.1) is 22.1 Å². The van der Waals surface area contributed by atoms with Crippen molar-refractivity contribution in [2.24, 2.45) is 0 Å². The first-order valence-corrected chi connectivity index (χ1v) is 18.3. The number of hydrogen-bond acceptors (Lipinski definition) is 2. The fraction of sp³-hybridized carbons (Fsp3) is 0. The van der Waals surface area contributed by atoms with Crippen molar-refractivity contribution in [3.8, 4) is 5.69 Å². The van der Waals surface area contributed by atoms with Crippen molar-refractivity contribution >= 4 is 78.6 Å². The molecule has 10 rings (SSSR count). The largest absolute Gasteiger partial charge is 0.456 e. The van der Waals surface area contributed by atoms with E-state index in [1.807, 2.05) is 6.07 Å². The number of fused-ring (bicyclic) bond motifs is 8. The van der Waals surface area contributed by atoms with Crippen molar-refractivity contribution in [2.45, 2.75) is 0 Å². The third kappa shape index (κ3) is 3.73. The van der Waals surface area contributed by atoms with Crippen LogP contribution >= 0.6 is 0 Å². The summed E-state index contributed by atoms with van der Waals surface area (Å²) < 4.78 is 11.1. The summed E-state index contributed by atoms with van der Waals surface area (Å²) in [7, 11) is -2.96. The highest BCUT2D eigenvalue weighted by Crippen LogP contribution is 2.31. The quantitative estimate of drug-likeness (QED) is 0.144. The molecule has 0 bridgehead atoms. The second kappa shape index (κ2) is 10.4. The molecule has 0 saturated carbocycles. The van der Waals surface area contributed by atoms with Gasteiger partial charge in [0.2, 0.25) is 5.78 Å². The molecule has 7 aromatic carbocycles. The molecular formula is C43H29N3OSi. The second-order valence-electron chi connectivity index (χ2n) is 12.4. The number of para-hydroxylation sites is 5. The van der Waals surface area contributed by atoms with E-state index in [9.17, 15) is 0 Å². The van der Waals surface area contributed by atoms with Crippen molar-refractivity contribution in [1.82, 2.24) is 14.0 Å². The Kier molecular flexibility index (Phi) is 5.86. The molecule has 0 N–H and O–H groups in total.